The zero-order chi connectivity index (χ0) is 18.7. The Bertz CT molecular complexity index is 792. The van der Waals surface area contributed by atoms with Gasteiger partial charge in [0.1, 0.15) is 5.82 Å². The number of anilines is 2. The Balaban J connectivity index is 2.10. The van der Waals surface area contributed by atoms with Gasteiger partial charge in [-0.15, -0.1) is 10.2 Å². The number of nitrogens with zero attached hydrogens (tertiary/aromatic N) is 2. The van der Waals surface area contributed by atoms with Gasteiger partial charge in [0, 0.05) is 6.54 Å². The van der Waals surface area contributed by atoms with Crippen molar-refractivity contribution in [2.24, 2.45) is 5.92 Å². The van der Waals surface area contributed by atoms with Crippen LogP contribution in [0.25, 0.3) is 0 Å². The van der Waals surface area contributed by atoms with E-state index >= 15 is 0 Å². The molecule has 1 heterocycles. The van der Waals surface area contributed by atoms with Gasteiger partial charge in [0.05, 0.1) is 4.90 Å². The van der Waals surface area contributed by atoms with E-state index in [2.05, 4.69) is 54.9 Å². The summed E-state index contributed by atoms with van der Waals surface area (Å²) in [6.45, 7) is 11.2. The maximum Gasteiger partial charge on any atom is 0.263 e. The van der Waals surface area contributed by atoms with E-state index in [1.54, 1.807) is 24.3 Å². The highest BCUT2D eigenvalue weighted by molar-refractivity contribution is 7.92. The van der Waals surface area contributed by atoms with Crippen molar-refractivity contribution in [3.05, 3.63) is 42.0 Å². The molecule has 0 radical (unpaired) electrons. The summed E-state index contributed by atoms with van der Waals surface area (Å²) in [4.78, 5) is 0.198. The standard InChI is InChI=1S/C18H26N4O2S/c1-13(2)12-19-16-10-11-17(21-20-16)22-25(23,24)15-8-6-14(7-9-15)18(3,4)5/h6-11,13H,12H2,1-5H3,(H,19,20)(H,21,22). The first kappa shape index (κ1) is 19.2. The van der Waals surface area contributed by atoms with Gasteiger partial charge in [-0.1, -0.05) is 46.8 Å². The number of benzene rings is 1. The maximum atomic E-state index is 12.5. The summed E-state index contributed by atoms with van der Waals surface area (Å²) in [5.41, 5.74) is 1.05. The number of aromatic nitrogens is 2. The minimum atomic E-state index is -3.69. The first-order valence-electron chi connectivity index (χ1n) is 8.29. The predicted octanol–water partition coefficient (Wildman–Crippen LogP) is 3.64. The third-order valence-electron chi connectivity index (χ3n) is 3.63. The van der Waals surface area contributed by atoms with Gasteiger partial charge in [-0.3, -0.25) is 4.72 Å². The first-order valence-corrected chi connectivity index (χ1v) is 9.77. The van der Waals surface area contributed by atoms with Gasteiger partial charge in [-0.25, -0.2) is 8.42 Å². The van der Waals surface area contributed by atoms with Crippen molar-refractivity contribution < 1.29 is 8.42 Å². The molecule has 1 aromatic carbocycles. The van der Waals surface area contributed by atoms with Crippen LogP contribution in [0.2, 0.25) is 0 Å². The van der Waals surface area contributed by atoms with Gasteiger partial charge in [0.15, 0.2) is 5.82 Å². The highest BCUT2D eigenvalue weighted by Gasteiger charge is 2.18. The van der Waals surface area contributed by atoms with Gasteiger partial charge in [0.25, 0.3) is 10.0 Å². The van der Waals surface area contributed by atoms with Crippen LogP contribution in [0.3, 0.4) is 0 Å². The van der Waals surface area contributed by atoms with Crippen molar-refractivity contribution in [1.82, 2.24) is 10.2 Å². The van der Waals surface area contributed by atoms with Crippen molar-refractivity contribution in [3.63, 3.8) is 0 Å². The Morgan fingerprint density at radius 2 is 1.52 bits per heavy atom. The lowest BCUT2D eigenvalue weighted by Gasteiger charge is -2.19. The summed E-state index contributed by atoms with van der Waals surface area (Å²) < 4.78 is 27.4. The Labute approximate surface area is 150 Å². The fourth-order valence-corrected chi connectivity index (χ4v) is 3.12. The van der Waals surface area contributed by atoms with E-state index < -0.39 is 10.0 Å². The minimum absolute atomic E-state index is 0.0278. The fourth-order valence-electron chi connectivity index (χ4n) is 2.12. The molecular formula is C18H26N4O2S. The second-order valence-electron chi connectivity index (χ2n) is 7.46. The normalized spacial score (nSPS) is 12.2. The molecule has 2 N–H and O–H groups in total. The summed E-state index contributed by atoms with van der Waals surface area (Å²) >= 11 is 0. The Kier molecular flexibility index (Phi) is 5.67. The molecule has 0 unspecified atom stereocenters. The molecule has 0 aliphatic rings. The average Bonchev–Trinajstić information content (AvgIpc) is 2.53. The predicted molar refractivity (Wildman–Crippen MR) is 101 cm³/mol. The first-order chi connectivity index (χ1) is 11.6. The summed E-state index contributed by atoms with van der Waals surface area (Å²) in [7, 11) is -3.69. The van der Waals surface area contributed by atoms with E-state index in [1.807, 2.05) is 12.1 Å². The van der Waals surface area contributed by atoms with Crippen molar-refractivity contribution >= 4 is 21.7 Å². The molecule has 6 nitrogen and oxygen atoms in total. The highest BCUT2D eigenvalue weighted by Crippen LogP contribution is 2.24. The van der Waals surface area contributed by atoms with Crippen LogP contribution in [0.1, 0.15) is 40.2 Å². The van der Waals surface area contributed by atoms with Crippen LogP contribution in [0, 0.1) is 5.92 Å². The monoisotopic (exact) mass is 362 g/mol. The van der Waals surface area contributed by atoms with E-state index in [0.29, 0.717) is 11.7 Å². The topological polar surface area (TPSA) is 84.0 Å². The molecule has 0 spiro atoms. The molecule has 2 aromatic rings. The molecule has 0 fully saturated rings. The van der Waals surface area contributed by atoms with E-state index in [-0.39, 0.29) is 16.1 Å². The minimum Gasteiger partial charge on any atom is -0.368 e. The highest BCUT2D eigenvalue weighted by atomic mass is 32.2. The van der Waals surface area contributed by atoms with Crippen LogP contribution in [0.15, 0.2) is 41.3 Å². The van der Waals surface area contributed by atoms with Crippen LogP contribution in [-0.4, -0.2) is 25.2 Å². The molecule has 2 rings (SSSR count). The average molecular weight is 362 g/mol. The maximum absolute atomic E-state index is 12.5. The van der Waals surface area contributed by atoms with Gasteiger partial charge in [-0.05, 0) is 41.2 Å². The van der Waals surface area contributed by atoms with Gasteiger partial charge < -0.3 is 5.32 Å². The van der Waals surface area contributed by atoms with Crippen molar-refractivity contribution in [1.29, 1.82) is 0 Å². The van der Waals surface area contributed by atoms with Crippen LogP contribution in [-0.2, 0) is 15.4 Å². The van der Waals surface area contributed by atoms with Crippen molar-refractivity contribution in [2.75, 3.05) is 16.6 Å². The van der Waals surface area contributed by atoms with Crippen LogP contribution in [0.4, 0.5) is 11.6 Å². The zero-order valence-electron chi connectivity index (χ0n) is 15.4. The Morgan fingerprint density at radius 3 is 2.00 bits per heavy atom. The second-order valence-corrected chi connectivity index (χ2v) is 9.14. The Hall–Kier alpha value is -2.15. The molecule has 1 aromatic heterocycles. The van der Waals surface area contributed by atoms with Crippen LogP contribution in [0.5, 0.6) is 0 Å². The molecule has 0 saturated carbocycles. The van der Waals surface area contributed by atoms with E-state index in [0.717, 1.165) is 12.1 Å². The zero-order valence-corrected chi connectivity index (χ0v) is 16.2. The molecule has 0 aliphatic carbocycles. The number of sulfonamides is 1. The number of nitrogens with one attached hydrogen (secondary N) is 2. The molecule has 136 valence electrons. The summed E-state index contributed by atoms with van der Waals surface area (Å²) in [5, 5.41) is 11.0. The molecule has 25 heavy (non-hydrogen) atoms. The van der Waals surface area contributed by atoms with Crippen molar-refractivity contribution in [3.8, 4) is 0 Å². The van der Waals surface area contributed by atoms with Gasteiger partial charge in [-0.2, -0.15) is 0 Å². The van der Waals surface area contributed by atoms with Crippen LogP contribution >= 0.6 is 0 Å². The smallest absolute Gasteiger partial charge is 0.263 e. The van der Waals surface area contributed by atoms with Crippen LogP contribution < -0.4 is 10.0 Å². The molecule has 0 aliphatic heterocycles. The molecule has 0 bridgehead atoms. The summed E-state index contributed by atoms with van der Waals surface area (Å²) in [5.74, 6) is 1.29. The quantitative estimate of drug-likeness (QED) is 0.819. The Morgan fingerprint density at radius 1 is 0.960 bits per heavy atom. The molecule has 0 atom stereocenters. The molecule has 0 amide bonds. The number of hydrogen-bond acceptors (Lipinski definition) is 5. The third-order valence-corrected chi connectivity index (χ3v) is 5.00. The molecule has 0 saturated heterocycles. The number of hydrogen-bond donors (Lipinski definition) is 2. The number of rotatable bonds is 6. The van der Waals surface area contributed by atoms with Gasteiger partial charge in [0.2, 0.25) is 0 Å². The lowest BCUT2D eigenvalue weighted by atomic mass is 9.87. The second kappa shape index (κ2) is 7.39. The fraction of sp³-hybridized carbons (Fsp3) is 0.444. The van der Waals surface area contributed by atoms with E-state index in [9.17, 15) is 8.42 Å². The lowest BCUT2D eigenvalue weighted by molar-refractivity contribution is 0.587. The summed E-state index contributed by atoms with van der Waals surface area (Å²) in [6.07, 6.45) is 0. The van der Waals surface area contributed by atoms with E-state index in [1.165, 1.54) is 0 Å². The lowest BCUT2D eigenvalue weighted by Crippen LogP contribution is -2.16. The molecule has 7 heteroatoms. The largest absolute Gasteiger partial charge is 0.368 e. The van der Waals surface area contributed by atoms with E-state index in [4.69, 9.17) is 0 Å². The third kappa shape index (κ3) is 5.42. The van der Waals surface area contributed by atoms with Gasteiger partial charge >= 0.3 is 0 Å². The SMILES string of the molecule is CC(C)CNc1ccc(NS(=O)(=O)c2ccc(C(C)(C)C)cc2)nn1. The summed E-state index contributed by atoms with van der Waals surface area (Å²) in [6, 6.07) is 10.2. The molecular weight excluding hydrogens is 336 g/mol. The van der Waals surface area contributed by atoms with Crippen molar-refractivity contribution in [2.45, 2.75) is 44.9 Å².